The van der Waals surface area contributed by atoms with Crippen LogP contribution in [0.25, 0.3) is 10.9 Å². The van der Waals surface area contributed by atoms with Gasteiger partial charge in [0.2, 0.25) is 0 Å². The SMILES string of the molecule is Cn1nc(CC(O)c2ccc(C#N)cc2)c2ccccc21. The van der Waals surface area contributed by atoms with Crippen LogP contribution in [0.4, 0.5) is 0 Å². The number of hydrogen-bond donors (Lipinski definition) is 1. The van der Waals surface area contributed by atoms with Gasteiger partial charge in [-0.1, -0.05) is 30.3 Å². The van der Waals surface area contributed by atoms with Gasteiger partial charge in [-0.15, -0.1) is 0 Å². The topological polar surface area (TPSA) is 61.8 Å². The number of nitrogens with zero attached hydrogens (tertiary/aromatic N) is 3. The van der Waals surface area contributed by atoms with Crippen LogP contribution in [-0.4, -0.2) is 14.9 Å². The van der Waals surface area contributed by atoms with Crippen molar-refractivity contribution in [3.63, 3.8) is 0 Å². The molecule has 0 saturated heterocycles. The first-order valence-electron chi connectivity index (χ1n) is 6.78. The molecule has 0 aliphatic heterocycles. The minimum absolute atomic E-state index is 0.452. The smallest absolute Gasteiger partial charge is 0.0991 e. The maximum atomic E-state index is 10.4. The molecule has 0 radical (unpaired) electrons. The third-order valence-corrected chi connectivity index (χ3v) is 3.65. The van der Waals surface area contributed by atoms with Crippen LogP contribution >= 0.6 is 0 Å². The van der Waals surface area contributed by atoms with E-state index in [2.05, 4.69) is 11.2 Å². The van der Waals surface area contributed by atoms with Crippen molar-refractivity contribution in [1.29, 1.82) is 5.26 Å². The van der Waals surface area contributed by atoms with Crippen LogP contribution in [0.3, 0.4) is 0 Å². The Morgan fingerprint density at radius 1 is 1.19 bits per heavy atom. The number of rotatable bonds is 3. The van der Waals surface area contributed by atoms with Gasteiger partial charge in [-0.05, 0) is 23.8 Å². The van der Waals surface area contributed by atoms with E-state index in [9.17, 15) is 5.11 Å². The molecule has 4 heteroatoms. The van der Waals surface area contributed by atoms with Crippen LogP contribution in [0, 0.1) is 11.3 Å². The highest BCUT2D eigenvalue weighted by Gasteiger charge is 2.14. The molecule has 0 spiro atoms. The van der Waals surface area contributed by atoms with E-state index in [1.165, 1.54) is 0 Å². The Hall–Kier alpha value is -2.64. The van der Waals surface area contributed by atoms with E-state index in [1.54, 1.807) is 24.3 Å². The zero-order valence-electron chi connectivity index (χ0n) is 11.7. The number of aliphatic hydroxyl groups excluding tert-OH is 1. The second-order valence-corrected chi connectivity index (χ2v) is 5.04. The summed E-state index contributed by atoms with van der Waals surface area (Å²) in [7, 11) is 1.90. The van der Waals surface area contributed by atoms with Crippen molar-refractivity contribution >= 4 is 10.9 Å². The Kier molecular flexibility index (Phi) is 3.43. The quantitative estimate of drug-likeness (QED) is 0.800. The minimum Gasteiger partial charge on any atom is -0.388 e. The van der Waals surface area contributed by atoms with E-state index in [1.807, 2.05) is 36.0 Å². The Morgan fingerprint density at radius 3 is 2.62 bits per heavy atom. The molecular formula is C17H15N3O. The highest BCUT2D eigenvalue weighted by atomic mass is 16.3. The van der Waals surface area contributed by atoms with Crippen molar-refractivity contribution in [1.82, 2.24) is 9.78 Å². The maximum Gasteiger partial charge on any atom is 0.0991 e. The van der Waals surface area contributed by atoms with Crippen molar-refractivity contribution < 1.29 is 5.11 Å². The van der Waals surface area contributed by atoms with Crippen LogP contribution in [-0.2, 0) is 13.5 Å². The van der Waals surface area contributed by atoms with Crippen LogP contribution in [0.1, 0.15) is 22.9 Å². The molecule has 1 unspecified atom stereocenters. The minimum atomic E-state index is -0.629. The highest BCUT2D eigenvalue weighted by Crippen LogP contribution is 2.23. The van der Waals surface area contributed by atoms with E-state index >= 15 is 0 Å². The van der Waals surface area contributed by atoms with Crippen molar-refractivity contribution in [2.24, 2.45) is 7.05 Å². The van der Waals surface area contributed by atoms with Gasteiger partial charge < -0.3 is 5.11 Å². The first kappa shape index (κ1) is 13.3. The van der Waals surface area contributed by atoms with E-state index < -0.39 is 6.10 Å². The molecule has 3 rings (SSSR count). The molecule has 0 saturated carbocycles. The molecule has 0 aliphatic rings. The fraction of sp³-hybridized carbons (Fsp3) is 0.176. The molecule has 0 amide bonds. The second kappa shape index (κ2) is 5.39. The number of aryl methyl sites for hydroxylation is 1. The predicted octanol–water partition coefficient (Wildman–Crippen LogP) is 2.72. The van der Waals surface area contributed by atoms with Gasteiger partial charge in [-0.2, -0.15) is 10.4 Å². The molecule has 2 aromatic carbocycles. The Balaban J connectivity index is 1.89. The molecule has 4 nitrogen and oxygen atoms in total. The number of benzene rings is 2. The lowest BCUT2D eigenvalue weighted by Gasteiger charge is -2.09. The van der Waals surface area contributed by atoms with Crippen LogP contribution in [0.5, 0.6) is 0 Å². The summed E-state index contributed by atoms with van der Waals surface area (Å²) in [6.45, 7) is 0. The van der Waals surface area contributed by atoms with Gasteiger partial charge in [-0.25, -0.2) is 0 Å². The summed E-state index contributed by atoms with van der Waals surface area (Å²) in [4.78, 5) is 0. The summed E-state index contributed by atoms with van der Waals surface area (Å²) in [5.41, 5.74) is 3.32. The molecule has 1 N–H and O–H groups in total. The number of aromatic nitrogens is 2. The van der Waals surface area contributed by atoms with Gasteiger partial charge in [0, 0.05) is 18.9 Å². The number of para-hydroxylation sites is 1. The van der Waals surface area contributed by atoms with Gasteiger partial charge in [0.05, 0.1) is 28.9 Å². The predicted molar refractivity (Wildman–Crippen MR) is 80.5 cm³/mol. The fourth-order valence-corrected chi connectivity index (χ4v) is 2.52. The second-order valence-electron chi connectivity index (χ2n) is 5.04. The molecule has 0 fully saturated rings. The van der Waals surface area contributed by atoms with Crippen molar-refractivity contribution in [3.05, 3.63) is 65.4 Å². The van der Waals surface area contributed by atoms with Crippen LogP contribution in [0.2, 0.25) is 0 Å². The molecular weight excluding hydrogens is 262 g/mol. The zero-order valence-corrected chi connectivity index (χ0v) is 11.7. The maximum absolute atomic E-state index is 10.4. The monoisotopic (exact) mass is 277 g/mol. The molecule has 3 aromatic rings. The van der Waals surface area contributed by atoms with Crippen molar-refractivity contribution in [2.75, 3.05) is 0 Å². The first-order valence-corrected chi connectivity index (χ1v) is 6.78. The van der Waals surface area contributed by atoms with E-state index in [4.69, 9.17) is 5.26 Å². The third-order valence-electron chi connectivity index (χ3n) is 3.65. The molecule has 104 valence electrons. The van der Waals surface area contributed by atoms with E-state index in [0.717, 1.165) is 22.2 Å². The van der Waals surface area contributed by atoms with Gasteiger partial charge in [0.25, 0.3) is 0 Å². The van der Waals surface area contributed by atoms with Crippen molar-refractivity contribution in [2.45, 2.75) is 12.5 Å². The molecule has 1 atom stereocenters. The highest BCUT2D eigenvalue weighted by molar-refractivity contribution is 5.81. The average Bonchev–Trinajstić information content (AvgIpc) is 2.84. The third kappa shape index (κ3) is 2.51. The van der Waals surface area contributed by atoms with Crippen molar-refractivity contribution in [3.8, 4) is 6.07 Å². The lowest BCUT2D eigenvalue weighted by atomic mass is 10.0. The molecule has 1 aromatic heterocycles. The summed E-state index contributed by atoms with van der Waals surface area (Å²) >= 11 is 0. The van der Waals surface area contributed by atoms with Gasteiger partial charge >= 0.3 is 0 Å². The average molecular weight is 277 g/mol. The summed E-state index contributed by atoms with van der Waals surface area (Å²) in [6, 6.07) is 17.1. The lowest BCUT2D eigenvalue weighted by Crippen LogP contribution is -2.03. The first-order chi connectivity index (χ1) is 10.2. The standard InChI is InChI=1S/C17H15N3O/c1-20-16-5-3-2-4-14(16)15(19-20)10-17(21)13-8-6-12(11-18)7-9-13/h2-9,17,21H,10H2,1H3. The Labute approximate surface area is 122 Å². The Morgan fingerprint density at radius 2 is 1.90 bits per heavy atom. The summed E-state index contributed by atoms with van der Waals surface area (Å²) < 4.78 is 1.83. The van der Waals surface area contributed by atoms with E-state index in [-0.39, 0.29) is 0 Å². The largest absolute Gasteiger partial charge is 0.388 e. The number of fused-ring (bicyclic) bond motifs is 1. The summed E-state index contributed by atoms with van der Waals surface area (Å²) in [5.74, 6) is 0. The molecule has 1 heterocycles. The van der Waals surface area contributed by atoms with Crippen LogP contribution < -0.4 is 0 Å². The number of hydrogen-bond acceptors (Lipinski definition) is 3. The summed E-state index contributed by atoms with van der Waals surface area (Å²) in [5, 5.41) is 24.7. The fourth-order valence-electron chi connectivity index (χ4n) is 2.52. The van der Waals surface area contributed by atoms with E-state index in [0.29, 0.717) is 12.0 Å². The normalized spacial score (nSPS) is 12.2. The summed E-state index contributed by atoms with van der Waals surface area (Å²) in [6.07, 6.45) is -0.177. The lowest BCUT2D eigenvalue weighted by molar-refractivity contribution is 0.177. The van der Waals surface area contributed by atoms with Gasteiger partial charge in [0.15, 0.2) is 0 Å². The molecule has 0 aliphatic carbocycles. The molecule has 0 bridgehead atoms. The Bertz CT molecular complexity index is 812. The molecule has 21 heavy (non-hydrogen) atoms. The van der Waals surface area contributed by atoms with Crippen LogP contribution in [0.15, 0.2) is 48.5 Å². The van der Waals surface area contributed by atoms with Gasteiger partial charge in [-0.3, -0.25) is 4.68 Å². The zero-order chi connectivity index (χ0) is 14.8. The number of nitriles is 1. The number of aliphatic hydroxyl groups is 1. The van der Waals surface area contributed by atoms with Gasteiger partial charge in [0.1, 0.15) is 0 Å².